The summed E-state index contributed by atoms with van der Waals surface area (Å²) in [5.41, 5.74) is 0. The monoisotopic (exact) mass is 885 g/mol. The van der Waals surface area contributed by atoms with Gasteiger partial charge in [0.15, 0.2) is 0 Å². The Hall–Kier alpha value is -0.170. The summed E-state index contributed by atoms with van der Waals surface area (Å²) in [6.07, 6.45) is 70.7. The van der Waals surface area contributed by atoms with E-state index in [2.05, 4.69) is 27.8 Å². The van der Waals surface area contributed by atoms with E-state index >= 15 is 0 Å². The van der Waals surface area contributed by atoms with Crippen LogP contribution in [0.1, 0.15) is 329 Å². The molecule has 0 bridgehead atoms. The lowest BCUT2D eigenvalue weighted by Crippen LogP contribution is -2.46. The Labute approximate surface area is 386 Å². The van der Waals surface area contributed by atoms with Crippen LogP contribution in [0, 0.1) is 0 Å². The lowest BCUT2D eigenvalue weighted by Gasteiger charge is -2.35. The smallest absolute Gasteiger partial charge is 0.0784 e. The summed E-state index contributed by atoms with van der Waals surface area (Å²) in [4.78, 5) is 0. The molecule has 5 nitrogen and oxygen atoms in total. The molecule has 0 aliphatic rings. The molecule has 0 aromatic rings. The standard InChI is InChI=1S/C55H114N.H2O4S/c1-5-8-11-14-17-20-23-26-29-32-35-38-41-44-47-50-53-56(4,54-51-48-45-42-39-36-33-30-27-24-21-18-15-12-9-6-2)55-52-49-46-43-40-37-34-31-28-25-22-19-16-13-10-7-3;1-5(2,3)4/h5-55H2,1-4H3;(H2,1,2,3,4)/q+1;/p-2. The van der Waals surface area contributed by atoms with Gasteiger partial charge in [0.1, 0.15) is 0 Å². The van der Waals surface area contributed by atoms with E-state index < -0.39 is 10.4 Å². The molecule has 0 heterocycles. The fraction of sp³-hybridized carbons (Fsp3) is 1.00. The first-order valence-corrected chi connectivity index (χ1v) is 29.5. The second kappa shape index (κ2) is 52.5. The third-order valence-corrected chi connectivity index (χ3v) is 13.7. The number of quaternary nitrogens is 1. The molecule has 0 unspecified atom stereocenters. The number of hydrogen-bond acceptors (Lipinski definition) is 4. The van der Waals surface area contributed by atoms with Gasteiger partial charge in [0, 0.05) is 10.4 Å². The van der Waals surface area contributed by atoms with Crippen LogP contribution in [0.3, 0.4) is 0 Å². The van der Waals surface area contributed by atoms with E-state index in [1.54, 1.807) is 0 Å². The fourth-order valence-corrected chi connectivity index (χ4v) is 9.46. The van der Waals surface area contributed by atoms with Crippen molar-refractivity contribution < 1.29 is 22.0 Å². The predicted molar refractivity (Wildman–Crippen MR) is 270 cm³/mol. The van der Waals surface area contributed by atoms with Gasteiger partial charge in [0.05, 0.1) is 26.7 Å². The molecule has 0 aromatic carbocycles. The molecule has 6 heteroatoms. The Kier molecular flexibility index (Phi) is 54.1. The van der Waals surface area contributed by atoms with Crippen LogP contribution in [0.4, 0.5) is 0 Å². The quantitative estimate of drug-likeness (QED) is 0.0264. The van der Waals surface area contributed by atoms with Crippen LogP contribution in [-0.4, -0.2) is 48.7 Å². The van der Waals surface area contributed by atoms with Crippen molar-refractivity contribution in [3.63, 3.8) is 0 Å². The molecule has 0 saturated carbocycles. The van der Waals surface area contributed by atoms with E-state index in [-0.39, 0.29) is 0 Å². The number of rotatable bonds is 51. The maximum Gasteiger partial charge on any atom is 0.0784 e. The average molecular weight is 886 g/mol. The van der Waals surface area contributed by atoms with Crippen LogP contribution in [0.25, 0.3) is 0 Å². The zero-order valence-corrected chi connectivity index (χ0v) is 43.4. The Balaban J connectivity index is 0. The van der Waals surface area contributed by atoms with Crippen molar-refractivity contribution in [3.05, 3.63) is 0 Å². The van der Waals surface area contributed by atoms with Crippen molar-refractivity contribution in [1.29, 1.82) is 0 Å². The van der Waals surface area contributed by atoms with Crippen molar-refractivity contribution >= 4 is 10.4 Å². The second-order valence-corrected chi connectivity index (χ2v) is 20.9. The number of nitrogens with zero attached hydrogens (tertiary/aromatic N) is 1. The highest BCUT2D eigenvalue weighted by molar-refractivity contribution is 7.79. The average Bonchev–Trinajstić information content (AvgIpc) is 3.22. The largest absolute Gasteiger partial charge is 0.759 e. The summed E-state index contributed by atoms with van der Waals surface area (Å²) in [5.74, 6) is 0. The highest BCUT2D eigenvalue weighted by Crippen LogP contribution is 2.19. The van der Waals surface area contributed by atoms with E-state index in [0.717, 1.165) is 0 Å². The maximum absolute atomic E-state index is 8.52. The van der Waals surface area contributed by atoms with Crippen LogP contribution in [0.2, 0.25) is 0 Å². The summed E-state index contributed by atoms with van der Waals surface area (Å²) >= 11 is 0. The minimum Gasteiger partial charge on any atom is -0.759 e. The van der Waals surface area contributed by atoms with Crippen LogP contribution in [0.15, 0.2) is 0 Å². The molecule has 0 aliphatic heterocycles. The van der Waals surface area contributed by atoms with Gasteiger partial charge in [-0.2, -0.15) is 0 Å². The molecule has 0 N–H and O–H groups in total. The van der Waals surface area contributed by atoms with Gasteiger partial charge >= 0.3 is 0 Å². The molecule has 0 amide bonds. The van der Waals surface area contributed by atoms with Crippen LogP contribution >= 0.6 is 0 Å². The summed E-state index contributed by atoms with van der Waals surface area (Å²) in [7, 11) is -2.53. The Morgan fingerprint density at radius 2 is 0.344 bits per heavy atom. The van der Waals surface area contributed by atoms with E-state index in [4.69, 9.17) is 17.5 Å². The number of unbranched alkanes of at least 4 members (excludes halogenated alkanes) is 45. The van der Waals surface area contributed by atoms with Crippen molar-refractivity contribution in [1.82, 2.24) is 0 Å². The first-order valence-electron chi connectivity index (χ1n) is 28.2. The van der Waals surface area contributed by atoms with Crippen molar-refractivity contribution in [2.24, 2.45) is 0 Å². The zero-order chi connectivity index (χ0) is 45.1. The minimum atomic E-state index is -5.17. The Morgan fingerprint density at radius 1 is 0.246 bits per heavy atom. The highest BCUT2D eigenvalue weighted by atomic mass is 32.3. The van der Waals surface area contributed by atoms with Gasteiger partial charge in [-0.25, -0.2) is 0 Å². The topological polar surface area (TPSA) is 80.3 Å². The van der Waals surface area contributed by atoms with Crippen LogP contribution in [-0.2, 0) is 10.4 Å². The lowest BCUT2D eigenvalue weighted by molar-refractivity contribution is -0.910. The van der Waals surface area contributed by atoms with E-state index in [0.29, 0.717) is 0 Å². The van der Waals surface area contributed by atoms with Crippen molar-refractivity contribution in [2.75, 3.05) is 26.7 Å². The van der Waals surface area contributed by atoms with Crippen LogP contribution < -0.4 is 0 Å². The SMILES string of the molecule is CCCCCCCCCCCCCCCCCC[N+](C)(CCCCCCCCCCCCCCCCCC)CCCCCCCCCCCCCCCCCC.O=S(=O)([O-])[O-]. The van der Waals surface area contributed by atoms with Gasteiger partial charge in [0.25, 0.3) is 0 Å². The van der Waals surface area contributed by atoms with Crippen molar-refractivity contribution in [3.8, 4) is 0 Å². The van der Waals surface area contributed by atoms with Gasteiger partial charge in [-0.3, -0.25) is 8.42 Å². The van der Waals surface area contributed by atoms with Crippen molar-refractivity contribution in [2.45, 2.75) is 329 Å². The van der Waals surface area contributed by atoms with E-state index in [9.17, 15) is 0 Å². The first kappa shape index (κ1) is 62.9. The molecule has 0 radical (unpaired) electrons. The van der Waals surface area contributed by atoms with Gasteiger partial charge in [-0.05, 0) is 38.5 Å². The molecule has 0 spiro atoms. The number of hydrogen-bond donors (Lipinski definition) is 0. The summed E-state index contributed by atoms with van der Waals surface area (Å²) in [6, 6.07) is 0. The van der Waals surface area contributed by atoms with Gasteiger partial charge in [-0.15, -0.1) is 0 Å². The third kappa shape index (κ3) is 62.0. The lowest BCUT2D eigenvalue weighted by atomic mass is 10.0. The molecule has 0 aromatic heterocycles. The highest BCUT2D eigenvalue weighted by Gasteiger charge is 2.20. The zero-order valence-electron chi connectivity index (χ0n) is 42.6. The molecule has 0 atom stereocenters. The summed E-state index contributed by atoms with van der Waals surface area (Å²) < 4.78 is 35.5. The molecule has 61 heavy (non-hydrogen) atoms. The Bertz CT molecular complexity index is 800. The van der Waals surface area contributed by atoms with E-state index in [1.165, 1.54) is 332 Å². The molecule has 0 saturated heterocycles. The predicted octanol–water partition coefficient (Wildman–Crippen LogP) is 18.9. The first-order chi connectivity index (χ1) is 29.7. The summed E-state index contributed by atoms with van der Waals surface area (Å²) in [6.45, 7) is 11.3. The third-order valence-electron chi connectivity index (χ3n) is 13.7. The van der Waals surface area contributed by atoms with Gasteiger partial charge in [-0.1, -0.05) is 290 Å². The second-order valence-electron chi connectivity index (χ2n) is 20.1. The molecular formula is C55H114NO4S-. The molecule has 0 fully saturated rings. The van der Waals surface area contributed by atoms with Gasteiger partial charge < -0.3 is 13.6 Å². The molecule has 0 rings (SSSR count). The van der Waals surface area contributed by atoms with Gasteiger partial charge in [0.2, 0.25) is 0 Å². The Morgan fingerprint density at radius 3 is 0.459 bits per heavy atom. The normalized spacial score (nSPS) is 12.0. The van der Waals surface area contributed by atoms with Crippen LogP contribution in [0.5, 0.6) is 0 Å². The minimum absolute atomic E-state index is 1.37. The van der Waals surface area contributed by atoms with E-state index in [1.807, 2.05) is 0 Å². The summed E-state index contributed by atoms with van der Waals surface area (Å²) in [5, 5.41) is 0. The maximum atomic E-state index is 8.52. The molecule has 0 aliphatic carbocycles. The fourth-order valence-electron chi connectivity index (χ4n) is 9.46. The molecule has 370 valence electrons. The molecular weight excluding hydrogens is 771 g/mol.